The summed E-state index contributed by atoms with van der Waals surface area (Å²) in [6.07, 6.45) is 2.05. The number of guanidine groups is 1. The molecule has 2 aromatic rings. The first-order valence-corrected chi connectivity index (χ1v) is 9.36. The molecule has 1 unspecified atom stereocenters. The van der Waals surface area contributed by atoms with Gasteiger partial charge < -0.3 is 5.73 Å². The number of hydrazone groups is 1. The Kier molecular flexibility index (Phi) is 4.93. The molecule has 3 rings (SSSR count). The fourth-order valence-corrected chi connectivity index (χ4v) is 3.50. The summed E-state index contributed by atoms with van der Waals surface area (Å²) in [5, 5.41) is 6.15. The predicted octanol–water partition coefficient (Wildman–Crippen LogP) is 4.35. The molecular weight excluding hydrogens is 324 g/mol. The Hall–Kier alpha value is -1.92. The monoisotopic (exact) mass is 342 g/mol. The fourth-order valence-electron chi connectivity index (χ4n) is 2.22. The Labute approximate surface area is 144 Å². The van der Waals surface area contributed by atoms with Crippen LogP contribution in [0.3, 0.4) is 0 Å². The van der Waals surface area contributed by atoms with Crippen LogP contribution >= 0.6 is 23.5 Å². The van der Waals surface area contributed by atoms with Gasteiger partial charge in [-0.25, -0.2) is 10.0 Å². The van der Waals surface area contributed by atoms with E-state index in [1.165, 1.54) is 10.5 Å². The van der Waals surface area contributed by atoms with Crippen molar-refractivity contribution in [2.24, 2.45) is 15.8 Å². The normalized spacial score (nSPS) is 17.7. The van der Waals surface area contributed by atoms with Crippen LogP contribution in [0.1, 0.15) is 16.5 Å². The lowest BCUT2D eigenvalue weighted by atomic mass is 10.1. The number of aliphatic imine (C=N–C) groups is 1. The van der Waals surface area contributed by atoms with Crippen LogP contribution in [0.2, 0.25) is 0 Å². The smallest absolute Gasteiger partial charge is 0.218 e. The van der Waals surface area contributed by atoms with Gasteiger partial charge >= 0.3 is 0 Å². The Morgan fingerprint density at radius 1 is 1.17 bits per heavy atom. The highest BCUT2D eigenvalue weighted by Crippen LogP contribution is 2.36. The number of rotatable bonds is 3. The van der Waals surface area contributed by atoms with Gasteiger partial charge in [0.2, 0.25) is 5.96 Å². The molecule has 0 bridgehead atoms. The highest BCUT2D eigenvalue weighted by molar-refractivity contribution is 8.12. The summed E-state index contributed by atoms with van der Waals surface area (Å²) in [5.74, 6) is 0.397. The van der Waals surface area contributed by atoms with Crippen molar-refractivity contribution < 1.29 is 0 Å². The SMILES string of the molecule is CSc1ccc(N=C(N)N2N=CSC2c2ccc(C)cc2)cc1. The number of aryl methyl sites for hydroxylation is 1. The molecule has 0 aromatic heterocycles. The minimum atomic E-state index is 0.0322. The number of hydrogen-bond acceptors (Lipinski definition) is 4. The van der Waals surface area contributed by atoms with E-state index in [-0.39, 0.29) is 5.37 Å². The minimum absolute atomic E-state index is 0.0322. The summed E-state index contributed by atoms with van der Waals surface area (Å²) >= 11 is 3.33. The van der Waals surface area contributed by atoms with Crippen LogP contribution in [0, 0.1) is 6.92 Å². The maximum atomic E-state index is 6.18. The molecule has 6 heteroatoms. The van der Waals surface area contributed by atoms with Crippen molar-refractivity contribution in [2.45, 2.75) is 17.2 Å². The first-order chi connectivity index (χ1) is 11.2. The molecular formula is C17H18N4S2. The summed E-state index contributed by atoms with van der Waals surface area (Å²) in [6.45, 7) is 2.08. The van der Waals surface area contributed by atoms with Gasteiger partial charge in [0.05, 0.1) is 11.2 Å². The number of hydrogen-bond donors (Lipinski definition) is 1. The molecule has 0 fully saturated rings. The lowest BCUT2D eigenvalue weighted by molar-refractivity contribution is 0.435. The summed E-state index contributed by atoms with van der Waals surface area (Å²) in [6, 6.07) is 16.4. The van der Waals surface area contributed by atoms with Crippen LogP contribution in [0.25, 0.3) is 0 Å². The van der Waals surface area contributed by atoms with E-state index in [0.29, 0.717) is 5.96 Å². The third-order valence-corrected chi connectivity index (χ3v) is 5.19. The third kappa shape index (κ3) is 3.71. The molecule has 1 aliphatic heterocycles. The van der Waals surface area contributed by atoms with E-state index in [1.807, 2.05) is 29.8 Å². The minimum Gasteiger partial charge on any atom is -0.368 e. The van der Waals surface area contributed by atoms with E-state index in [9.17, 15) is 0 Å². The fraction of sp³-hybridized carbons (Fsp3) is 0.176. The molecule has 0 saturated heterocycles. The van der Waals surface area contributed by atoms with Gasteiger partial charge in [0.25, 0.3) is 0 Å². The molecule has 0 saturated carbocycles. The Balaban J connectivity index is 1.81. The number of nitrogens with two attached hydrogens (primary N) is 1. The van der Waals surface area contributed by atoms with Gasteiger partial charge in [-0.1, -0.05) is 41.6 Å². The topological polar surface area (TPSA) is 54.0 Å². The molecule has 1 atom stereocenters. The van der Waals surface area contributed by atoms with Crippen molar-refractivity contribution >= 4 is 40.7 Å². The second kappa shape index (κ2) is 7.10. The van der Waals surface area contributed by atoms with Gasteiger partial charge in [-0.05, 0) is 43.0 Å². The van der Waals surface area contributed by atoms with E-state index in [4.69, 9.17) is 5.73 Å². The average Bonchev–Trinajstić information content (AvgIpc) is 3.06. The van der Waals surface area contributed by atoms with E-state index in [1.54, 1.807) is 28.5 Å². The second-order valence-electron chi connectivity index (χ2n) is 5.13. The summed E-state index contributed by atoms with van der Waals surface area (Å²) in [4.78, 5) is 5.70. The summed E-state index contributed by atoms with van der Waals surface area (Å²) < 4.78 is 0. The highest BCUT2D eigenvalue weighted by atomic mass is 32.2. The Morgan fingerprint density at radius 2 is 1.87 bits per heavy atom. The molecule has 0 aliphatic carbocycles. The van der Waals surface area contributed by atoms with Crippen LogP contribution in [0.5, 0.6) is 0 Å². The van der Waals surface area contributed by atoms with Gasteiger partial charge in [-0.2, -0.15) is 5.10 Å². The number of benzene rings is 2. The average molecular weight is 342 g/mol. The molecule has 1 heterocycles. The highest BCUT2D eigenvalue weighted by Gasteiger charge is 2.26. The van der Waals surface area contributed by atoms with E-state index in [0.717, 1.165) is 11.3 Å². The lowest BCUT2D eigenvalue weighted by Gasteiger charge is -2.22. The van der Waals surface area contributed by atoms with Gasteiger partial charge in [-0.15, -0.1) is 11.8 Å². The van der Waals surface area contributed by atoms with Gasteiger partial charge in [0.15, 0.2) is 0 Å². The van der Waals surface area contributed by atoms with Crippen LogP contribution in [0.4, 0.5) is 5.69 Å². The van der Waals surface area contributed by atoms with Gasteiger partial charge in [0.1, 0.15) is 5.37 Å². The van der Waals surface area contributed by atoms with Crippen molar-refractivity contribution in [1.82, 2.24) is 5.01 Å². The molecule has 4 nitrogen and oxygen atoms in total. The van der Waals surface area contributed by atoms with Crippen molar-refractivity contribution in [1.29, 1.82) is 0 Å². The van der Waals surface area contributed by atoms with E-state index in [2.05, 4.69) is 47.5 Å². The van der Waals surface area contributed by atoms with Crippen molar-refractivity contribution in [3.63, 3.8) is 0 Å². The van der Waals surface area contributed by atoms with Crippen LogP contribution in [0.15, 0.2) is 63.5 Å². The van der Waals surface area contributed by atoms with Crippen LogP contribution in [-0.2, 0) is 0 Å². The van der Waals surface area contributed by atoms with Crippen molar-refractivity contribution in [3.8, 4) is 0 Å². The largest absolute Gasteiger partial charge is 0.368 e. The van der Waals surface area contributed by atoms with Gasteiger partial charge in [-0.3, -0.25) is 0 Å². The zero-order valence-corrected chi connectivity index (χ0v) is 14.6. The quantitative estimate of drug-likeness (QED) is 0.512. The van der Waals surface area contributed by atoms with Gasteiger partial charge in [0, 0.05) is 4.90 Å². The molecule has 2 N–H and O–H groups in total. The third-order valence-electron chi connectivity index (χ3n) is 3.50. The molecule has 0 radical (unpaired) electrons. The first-order valence-electron chi connectivity index (χ1n) is 7.19. The molecule has 118 valence electrons. The van der Waals surface area contributed by atoms with Crippen molar-refractivity contribution in [2.75, 3.05) is 6.26 Å². The number of thioether (sulfide) groups is 2. The molecule has 0 amide bonds. The number of nitrogens with zero attached hydrogens (tertiary/aromatic N) is 3. The van der Waals surface area contributed by atoms with Crippen LogP contribution < -0.4 is 5.73 Å². The molecule has 1 aliphatic rings. The van der Waals surface area contributed by atoms with Crippen LogP contribution in [-0.4, -0.2) is 22.8 Å². The van der Waals surface area contributed by atoms with E-state index < -0.39 is 0 Å². The summed E-state index contributed by atoms with van der Waals surface area (Å²) in [5.41, 5.74) is 11.2. The molecule has 23 heavy (non-hydrogen) atoms. The van der Waals surface area contributed by atoms with Crippen molar-refractivity contribution in [3.05, 3.63) is 59.7 Å². The standard InChI is InChI=1S/C17H18N4S2/c1-12-3-5-13(6-4-12)16-21(19-11-23-16)17(18)20-14-7-9-15(22-2)10-8-14/h3-11,16H,1-2H3,(H2,18,20). The summed E-state index contributed by atoms with van der Waals surface area (Å²) in [7, 11) is 0. The Bertz CT molecular complexity index is 723. The lowest BCUT2D eigenvalue weighted by Crippen LogP contribution is -2.32. The predicted molar refractivity (Wildman–Crippen MR) is 101 cm³/mol. The first kappa shape index (κ1) is 16.0. The molecule has 2 aromatic carbocycles. The van der Waals surface area contributed by atoms with E-state index >= 15 is 0 Å². The molecule has 0 spiro atoms. The Morgan fingerprint density at radius 3 is 2.52 bits per heavy atom. The second-order valence-corrected chi connectivity index (χ2v) is 6.94. The maximum Gasteiger partial charge on any atom is 0.218 e. The zero-order valence-electron chi connectivity index (χ0n) is 13.0. The maximum absolute atomic E-state index is 6.18. The zero-order chi connectivity index (χ0) is 16.2.